The van der Waals surface area contributed by atoms with Crippen molar-refractivity contribution in [2.45, 2.75) is 6.92 Å². The van der Waals surface area contributed by atoms with Crippen LogP contribution in [0.2, 0.25) is 10.0 Å². The third-order valence-electron chi connectivity index (χ3n) is 3.06. The van der Waals surface area contributed by atoms with Crippen molar-refractivity contribution in [3.63, 3.8) is 0 Å². The maximum absolute atomic E-state index is 12.2. The van der Waals surface area contributed by atoms with E-state index in [0.29, 0.717) is 21.4 Å². The minimum Gasteiger partial charge on any atom is -0.359 e. The highest BCUT2D eigenvalue weighted by molar-refractivity contribution is 6.33. The fourth-order valence-electron chi connectivity index (χ4n) is 1.80. The molecule has 23 heavy (non-hydrogen) atoms. The highest BCUT2D eigenvalue weighted by atomic mass is 35.5. The predicted molar refractivity (Wildman–Crippen MR) is 93.6 cm³/mol. The fourth-order valence-corrected chi connectivity index (χ4v) is 2.16. The Hall–Kier alpha value is -2.48. The van der Waals surface area contributed by atoms with Gasteiger partial charge < -0.3 is 10.6 Å². The smallest absolute Gasteiger partial charge is 0.267 e. The lowest BCUT2D eigenvalue weighted by Crippen LogP contribution is -2.15. The van der Waals surface area contributed by atoms with Crippen molar-refractivity contribution in [2.24, 2.45) is 0 Å². The van der Waals surface area contributed by atoms with E-state index in [2.05, 4.69) is 10.6 Å². The quantitative estimate of drug-likeness (QED) is 0.620. The van der Waals surface area contributed by atoms with E-state index >= 15 is 0 Å². The second kappa shape index (κ2) is 7.68. The number of benzene rings is 2. The molecule has 2 rings (SSSR count). The van der Waals surface area contributed by atoms with Crippen molar-refractivity contribution >= 4 is 40.5 Å². The Morgan fingerprint density at radius 2 is 1.91 bits per heavy atom. The molecule has 2 aromatic carbocycles. The number of nitriles is 1. The largest absolute Gasteiger partial charge is 0.359 e. The molecule has 0 unspecified atom stereocenters. The van der Waals surface area contributed by atoms with Gasteiger partial charge in [0.05, 0.1) is 10.7 Å². The number of amides is 1. The number of aryl methyl sites for hydroxylation is 1. The van der Waals surface area contributed by atoms with Crippen molar-refractivity contribution in [3.8, 4) is 6.07 Å². The van der Waals surface area contributed by atoms with E-state index in [1.54, 1.807) is 42.5 Å². The Morgan fingerprint density at radius 3 is 2.61 bits per heavy atom. The maximum Gasteiger partial charge on any atom is 0.267 e. The molecule has 116 valence electrons. The molecule has 0 aliphatic carbocycles. The highest BCUT2D eigenvalue weighted by Gasteiger charge is 2.11. The normalized spacial score (nSPS) is 10.8. The lowest BCUT2D eigenvalue weighted by atomic mass is 10.2. The molecule has 0 radical (unpaired) electrons. The third-order valence-corrected chi connectivity index (χ3v) is 3.62. The summed E-state index contributed by atoms with van der Waals surface area (Å²) in [5, 5.41) is 15.7. The van der Waals surface area contributed by atoms with Crippen LogP contribution in [0.15, 0.2) is 54.2 Å². The lowest BCUT2D eigenvalue weighted by molar-refractivity contribution is -0.112. The van der Waals surface area contributed by atoms with Crippen LogP contribution in [0.4, 0.5) is 11.4 Å². The molecule has 1 amide bonds. The van der Waals surface area contributed by atoms with E-state index < -0.39 is 5.91 Å². The Kier molecular flexibility index (Phi) is 5.64. The summed E-state index contributed by atoms with van der Waals surface area (Å²) < 4.78 is 0. The van der Waals surface area contributed by atoms with Gasteiger partial charge >= 0.3 is 0 Å². The van der Waals surface area contributed by atoms with E-state index in [1.807, 2.05) is 13.0 Å². The molecule has 0 heterocycles. The van der Waals surface area contributed by atoms with Gasteiger partial charge in [0, 0.05) is 16.9 Å². The molecular formula is C17H13Cl2N3O. The zero-order valence-electron chi connectivity index (χ0n) is 12.2. The summed E-state index contributed by atoms with van der Waals surface area (Å²) in [7, 11) is 0. The van der Waals surface area contributed by atoms with Crippen LogP contribution in [0.1, 0.15) is 5.56 Å². The van der Waals surface area contributed by atoms with Gasteiger partial charge in [-0.15, -0.1) is 0 Å². The van der Waals surface area contributed by atoms with Crippen molar-refractivity contribution < 1.29 is 4.79 Å². The van der Waals surface area contributed by atoms with Crippen LogP contribution in [0, 0.1) is 18.3 Å². The van der Waals surface area contributed by atoms with E-state index in [-0.39, 0.29) is 5.57 Å². The first-order chi connectivity index (χ1) is 11.0. The summed E-state index contributed by atoms with van der Waals surface area (Å²) in [6, 6.07) is 14.0. The van der Waals surface area contributed by atoms with Gasteiger partial charge in [0.25, 0.3) is 5.91 Å². The monoisotopic (exact) mass is 345 g/mol. The molecule has 0 fully saturated rings. The van der Waals surface area contributed by atoms with Crippen molar-refractivity contribution in [2.75, 3.05) is 10.6 Å². The number of carbonyl (C=O) groups is 1. The van der Waals surface area contributed by atoms with Gasteiger partial charge in [-0.25, -0.2) is 0 Å². The average Bonchev–Trinajstić information content (AvgIpc) is 2.53. The summed E-state index contributed by atoms with van der Waals surface area (Å²) in [4.78, 5) is 12.2. The van der Waals surface area contributed by atoms with Gasteiger partial charge in [0.1, 0.15) is 11.6 Å². The van der Waals surface area contributed by atoms with E-state index in [4.69, 9.17) is 28.5 Å². The number of anilines is 2. The second-order valence-electron chi connectivity index (χ2n) is 4.71. The SMILES string of the molecule is Cc1ccc(Cl)cc1NC(=O)/C(C#N)=C\Nc1ccccc1Cl. The average molecular weight is 346 g/mol. The van der Waals surface area contributed by atoms with E-state index in [1.165, 1.54) is 6.20 Å². The molecule has 0 aromatic heterocycles. The Morgan fingerprint density at radius 1 is 1.17 bits per heavy atom. The van der Waals surface area contributed by atoms with Gasteiger partial charge in [-0.1, -0.05) is 41.4 Å². The zero-order chi connectivity index (χ0) is 16.8. The molecule has 2 N–H and O–H groups in total. The van der Waals surface area contributed by atoms with E-state index in [0.717, 1.165) is 5.56 Å². The van der Waals surface area contributed by atoms with Crippen LogP contribution >= 0.6 is 23.2 Å². The van der Waals surface area contributed by atoms with Gasteiger partial charge in [-0.3, -0.25) is 4.79 Å². The molecule has 0 atom stereocenters. The van der Waals surface area contributed by atoms with Crippen LogP contribution in [0.5, 0.6) is 0 Å². The number of nitrogens with one attached hydrogen (secondary N) is 2. The molecule has 0 bridgehead atoms. The lowest BCUT2D eigenvalue weighted by Gasteiger charge is -2.09. The fraction of sp³-hybridized carbons (Fsp3) is 0.0588. The Labute approximate surface area is 144 Å². The molecule has 0 aliphatic rings. The predicted octanol–water partition coefficient (Wildman–Crippen LogP) is 4.76. The number of halogens is 2. The molecule has 2 aromatic rings. The first kappa shape index (κ1) is 16.9. The number of carbonyl (C=O) groups excluding carboxylic acids is 1. The van der Waals surface area contributed by atoms with Gasteiger partial charge in [-0.2, -0.15) is 5.26 Å². The summed E-state index contributed by atoms with van der Waals surface area (Å²) in [6.07, 6.45) is 1.32. The number of hydrogen-bond acceptors (Lipinski definition) is 3. The highest BCUT2D eigenvalue weighted by Crippen LogP contribution is 2.22. The van der Waals surface area contributed by atoms with Gasteiger partial charge in [0.15, 0.2) is 0 Å². The van der Waals surface area contributed by atoms with Crippen LogP contribution in [0.25, 0.3) is 0 Å². The number of para-hydroxylation sites is 1. The summed E-state index contributed by atoms with van der Waals surface area (Å²) in [6.45, 7) is 1.84. The molecule has 0 saturated heterocycles. The standard InChI is InChI=1S/C17H13Cl2N3O/c1-11-6-7-13(18)8-16(11)22-17(23)12(9-20)10-21-15-5-3-2-4-14(15)19/h2-8,10,21H,1H3,(H,22,23)/b12-10-. The minimum atomic E-state index is -0.530. The molecule has 6 heteroatoms. The van der Waals surface area contributed by atoms with Crippen molar-refractivity contribution in [3.05, 3.63) is 69.8 Å². The Bertz CT molecular complexity index is 810. The summed E-state index contributed by atoms with van der Waals surface area (Å²) >= 11 is 11.9. The molecule has 4 nitrogen and oxygen atoms in total. The third kappa shape index (κ3) is 4.49. The molecule has 0 aliphatic heterocycles. The minimum absolute atomic E-state index is 0.0794. The number of hydrogen-bond donors (Lipinski definition) is 2. The van der Waals surface area contributed by atoms with Crippen LogP contribution in [-0.4, -0.2) is 5.91 Å². The maximum atomic E-state index is 12.2. The summed E-state index contributed by atoms with van der Waals surface area (Å²) in [5.41, 5.74) is 1.93. The first-order valence-electron chi connectivity index (χ1n) is 6.70. The Balaban J connectivity index is 2.16. The van der Waals surface area contributed by atoms with Crippen LogP contribution < -0.4 is 10.6 Å². The van der Waals surface area contributed by atoms with Crippen LogP contribution in [0.3, 0.4) is 0 Å². The topological polar surface area (TPSA) is 64.9 Å². The van der Waals surface area contributed by atoms with Gasteiger partial charge in [0.2, 0.25) is 0 Å². The zero-order valence-corrected chi connectivity index (χ0v) is 13.7. The van der Waals surface area contributed by atoms with Crippen LogP contribution in [-0.2, 0) is 4.79 Å². The molecule has 0 spiro atoms. The first-order valence-corrected chi connectivity index (χ1v) is 7.45. The summed E-state index contributed by atoms with van der Waals surface area (Å²) in [5.74, 6) is -0.530. The molecular weight excluding hydrogens is 333 g/mol. The van der Waals surface area contributed by atoms with Gasteiger partial charge in [-0.05, 0) is 36.8 Å². The van der Waals surface area contributed by atoms with E-state index in [9.17, 15) is 4.79 Å². The number of rotatable bonds is 4. The van der Waals surface area contributed by atoms with Crippen molar-refractivity contribution in [1.82, 2.24) is 0 Å². The number of nitrogens with zero attached hydrogens (tertiary/aromatic N) is 1. The van der Waals surface area contributed by atoms with Crippen molar-refractivity contribution in [1.29, 1.82) is 5.26 Å². The molecule has 0 saturated carbocycles. The second-order valence-corrected chi connectivity index (χ2v) is 5.55.